The van der Waals surface area contributed by atoms with Crippen molar-refractivity contribution in [1.82, 2.24) is 45.5 Å². The van der Waals surface area contributed by atoms with Crippen molar-refractivity contribution < 1.29 is 70.7 Å². The van der Waals surface area contributed by atoms with Gasteiger partial charge in [0.1, 0.15) is 24.5 Å². The molecular formula is C70H83N13O15S2. The molecule has 0 radical (unpaired) electrons. The fourth-order valence-corrected chi connectivity index (χ4v) is 17.5. The number of hydrogen-bond acceptors (Lipinski definition) is 18. The molecular weight excluding hydrogens is 1330 g/mol. The number of amides is 9. The molecule has 28 nitrogen and oxygen atoms in total. The number of carbonyl (C=O) groups excluding carboxylic acids is 8. The highest BCUT2D eigenvalue weighted by Crippen LogP contribution is 2.72. The first kappa shape index (κ1) is 71.6. The number of pyridine rings is 1. The molecule has 5 heterocycles. The summed E-state index contributed by atoms with van der Waals surface area (Å²) in [6.07, 6.45) is 8.58. The van der Waals surface area contributed by atoms with E-state index in [1.807, 2.05) is 59.0 Å². The Balaban J connectivity index is 0.711. The molecule has 530 valence electrons. The average Bonchev–Trinajstić information content (AvgIpc) is 0.837. The van der Waals surface area contributed by atoms with Crippen LogP contribution in [0.3, 0.4) is 0 Å². The second-order valence-electron chi connectivity index (χ2n) is 28.2. The van der Waals surface area contributed by atoms with Crippen LogP contribution in [0.2, 0.25) is 0 Å². The van der Waals surface area contributed by atoms with Crippen LogP contribution in [-0.4, -0.2) is 164 Å². The number of primary amides is 1. The number of carboxylic acid groups (broad SMARTS) is 1. The van der Waals surface area contributed by atoms with Crippen LogP contribution >= 0.6 is 11.3 Å². The molecule has 2 unspecified atom stereocenters. The zero-order valence-corrected chi connectivity index (χ0v) is 58.0. The van der Waals surface area contributed by atoms with Crippen molar-refractivity contribution in [1.29, 1.82) is 0 Å². The third-order valence-electron chi connectivity index (χ3n) is 19.5. The number of thiazole rings is 1. The van der Waals surface area contributed by atoms with Gasteiger partial charge in [0.2, 0.25) is 17.7 Å². The second-order valence-corrected chi connectivity index (χ2v) is 30.8. The van der Waals surface area contributed by atoms with Crippen LogP contribution in [0.25, 0.3) is 21.3 Å². The SMILES string of the molecule is Cc1c(-c2ccc(N3CCc4cccc(C(=O)Nc5nc6ccccc6s5)c4C3)nc2C(=O)O)cnn1CC12CC3(C)CC(C)(C1)CC(OCCN(CCS(=O)(=O)O)C(=O)OCc1ccc(NC(=O)[C@H](CCCNC(N)=O)NC(=O)[C@@H](NC(=O)CCN4C(=O)C=CC4=O)C(C)C)cc1)(C3)C2. The molecule has 4 atom stereocenters. The van der Waals surface area contributed by atoms with Crippen molar-refractivity contribution in [2.45, 2.75) is 136 Å². The first-order chi connectivity index (χ1) is 47.5. The summed E-state index contributed by atoms with van der Waals surface area (Å²) < 4.78 is 49.6. The monoisotopic (exact) mass is 1410 g/mol. The van der Waals surface area contributed by atoms with Crippen LogP contribution in [0.1, 0.15) is 129 Å². The number of para-hydroxylation sites is 1. The topological polar surface area (TPSA) is 386 Å². The van der Waals surface area contributed by atoms with Crippen LogP contribution in [0.4, 0.5) is 26.2 Å². The summed E-state index contributed by atoms with van der Waals surface area (Å²) in [6.45, 7) is 10.5. The average molecular weight is 1410 g/mol. The standard InChI is InChI=1S/C70H83N13O15S2/c1-42(2)58(78-55(84)24-27-82-56(85)21-22-57(82)86)62(89)75-52(13-9-25-72-64(71)92)61(88)74-46-17-15-44(16-18-46)34-97-66(93)80(29-31-100(94,95)96)28-30-98-70-38-67(4)35-68(5,39-70)37-69(36-67,40-70)41-83-43(3)49(32-73-83)47-19-20-54(77-59(47)63(90)91)81-26-23-45-10-8-11-48(50(45)33-81)60(87)79-65-76-51-12-6-7-14-53(51)99-65/h6-8,10-12,14-22,32,42,52,58H,9,13,23-31,33-41H2,1-5H3,(H,74,88)(H,75,89)(H,78,84)(H,90,91)(H3,71,72,92)(H,76,79,87)(H,94,95,96)/t52-,58-,67?,68?,69?,70?/m0/s1. The molecule has 3 aromatic carbocycles. The van der Waals surface area contributed by atoms with E-state index in [9.17, 15) is 61.2 Å². The zero-order chi connectivity index (χ0) is 71.5. The number of rotatable bonds is 29. The molecule has 100 heavy (non-hydrogen) atoms. The second kappa shape index (κ2) is 29.3. The molecule has 2 aliphatic heterocycles. The minimum atomic E-state index is -4.52. The molecule has 30 heteroatoms. The van der Waals surface area contributed by atoms with Gasteiger partial charge in [0.05, 0.1) is 34.4 Å². The van der Waals surface area contributed by atoms with Crippen molar-refractivity contribution in [3.63, 3.8) is 0 Å². The maximum Gasteiger partial charge on any atom is 0.410 e. The van der Waals surface area contributed by atoms with Crippen molar-refractivity contribution in [2.24, 2.45) is 27.9 Å². The lowest BCUT2D eigenvalue weighted by Crippen LogP contribution is -2.64. The van der Waals surface area contributed by atoms with E-state index in [2.05, 4.69) is 45.4 Å². The lowest BCUT2D eigenvalue weighted by molar-refractivity contribution is -0.248. The third-order valence-corrected chi connectivity index (χ3v) is 21.2. The number of fused-ring (bicyclic) bond motifs is 2. The van der Waals surface area contributed by atoms with E-state index >= 15 is 0 Å². The molecule has 4 fully saturated rings. The Hall–Kier alpha value is -9.65. The highest BCUT2D eigenvalue weighted by atomic mass is 32.2. The Labute approximate surface area is 581 Å². The number of carboxylic acids is 1. The molecule has 9 amide bonds. The molecule has 6 aromatic rings. The van der Waals surface area contributed by atoms with Gasteiger partial charge in [-0.15, -0.1) is 0 Å². The number of anilines is 3. The van der Waals surface area contributed by atoms with E-state index in [-0.39, 0.29) is 80.0 Å². The van der Waals surface area contributed by atoms with Crippen molar-refractivity contribution in [3.05, 3.63) is 131 Å². The van der Waals surface area contributed by atoms with Gasteiger partial charge in [-0.2, -0.15) is 13.5 Å². The number of ether oxygens (including phenoxy) is 2. The Morgan fingerprint density at radius 1 is 0.830 bits per heavy atom. The summed E-state index contributed by atoms with van der Waals surface area (Å²) in [5.74, 6) is -5.28. The van der Waals surface area contributed by atoms with E-state index in [0.717, 1.165) is 76.2 Å². The first-order valence-electron chi connectivity index (χ1n) is 33.3. The highest BCUT2D eigenvalue weighted by molar-refractivity contribution is 7.85. The number of nitrogens with one attached hydrogen (secondary N) is 5. The molecule has 0 saturated heterocycles. The Morgan fingerprint density at radius 2 is 1.56 bits per heavy atom. The fraction of sp³-hybridized carbons (Fsp3) is 0.457. The third kappa shape index (κ3) is 16.8. The molecule has 4 aliphatic carbocycles. The predicted molar refractivity (Wildman–Crippen MR) is 370 cm³/mol. The molecule has 12 rings (SSSR count). The number of nitrogens with two attached hydrogens (primary N) is 1. The van der Waals surface area contributed by atoms with Crippen LogP contribution in [0.15, 0.2) is 97.2 Å². The number of aromatic carboxylic acids is 1. The first-order valence-corrected chi connectivity index (χ1v) is 35.8. The van der Waals surface area contributed by atoms with Crippen molar-refractivity contribution in [2.75, 3.05) is 60.6 Å². The number of hydrogen-bond donors (Lipinski definition) is 8. The van der Waals surface area contributed by atoms with E-state index < -0.39 is 93.6 Å². The predicted octanol–water partition coefficient (Wildman–Crippen LogP) is 7.37. The minimum Gasteiger partial charge on any atom is -0.476 e. The van der Waals surface area contributed by atoms with Crippen molar-refractivity contribution in [3.8, 4) is 11.1 Å². The number of nitrogens with zero attached hydrogens (tertiary/aromatic N) is 7. The number of aromatic nitrogens is 4. The number of carbonyl (C=O) groups is 9. The van der Waals surface area contributed by atoms with Gasteiger partial charge < -0.3 is 51.4 Å². The molecule has 6 aliphatic rings. The lowest BCUT2D eigenvalue weighted by Gasteiger charge is -2.69. The lowest BCUT2D eigenvalue weighted by atomic mass is 9.39. The summed E-state index contributed by atoms with van der Waals surface area (Å²) >= 11 is 1.40. The molecule has 9 N–H and O–H groups in total. The van der Waals surface area contributed by atoms with Gasteiger partial charge >= 0.3 is 18.1 Å². The van der Waals surface area contributed by atoms with E-state index in [4.69, 9.17) is 25.3 Å². The highest BCUT2D eigenvalue weighted by Gasteiger charge is 2.66. The zero-order valence-electron chi connectivity index (χ0n) is 56.3. The summed E-state index contributed by atoms with van der Waals surface area (Å²) in [4.78, 5) is 130. The van der Waals surface area contributed by atoms with Gasteiger partial charge in [0.15, 0.2) is 10.8 Å². The molecule has 3 aromatic heterocycles. The fourth-order valence-electron chi connectivity index (χ4n) is 16.2. The number of benzene rings is 3. The molecule has 0 spiro atoms. The summed E-state index contributed by atoms with van der Waals surface area (Å²) in [6, 6.07) is 20.1. The summed E-state index contributed by atoms with van der Waals surface area (Å²) in [5, 5.41) is 29.7. The van der Waals surface area contributed by atoms with Gasteiger partial charge in [0.25, 0.3) is 27.8 Å². The van der Waals surface area contributed by atoms with E-state index in [1.54, 1.807) is 56.4 Å². The molecule has 4 bridgehead atoms. The molecule has 4 saturated carbocycles. The van der Waals surface area contributed by atoms with Gasteiger partial charge in [-0.25, -0.2) is 24.4 Å². The van der Waals surface area contributed by atoms with Gasteiger partial charge in [-0.1, -0.05) is 75.4 Å². The Morgan fingerprint density at radius 3 is 2.25 bits per heavy atom. The van der Waals surface area contributed by atoms with E-state index in [1.165, 1.54) is 16.2 Å². The van der Waals surface area contributed by atoms with Crippen LogP contribution in [-0.2, 0) is 69.7 Å². The largest absolute Gasteiger partial charge is 0.476 e. The number of urea groups is 1. The summed E-state index contributed by atoms with van der Waals surface area (Å²) in [7, 11) is -4.52. The Kier molecular flexibility index (Phi) is 21.0. The van der Waals surface area contributed by atoms with E-state index in [0.29, 0.717) is 71.4 Å². The van der Waals surface area contributed by atoms with Gasteiger partial charge in [0, 0.05) is 92.5 Å². The Bertz CT molecular complexity index is 4270. The van der Waals surface area contributed by atoms with Gasteiger partial charge in [-0.05, 0) is 146 Å². The maximum absolute atomic E-state index is 13.9. The van der Waals surface area contributed by atoms with Crippen LogP contribution in [0, 0.1) is 29.1 Å². The van der Waals surface area contributed by atoms with Crippen molar-refractivity contribution >= 4 is 102 Å². The normalized spacial score (nSPS) is 21.2. The van der Waals surface area contributed by atoms with Crippen LogP contribution < -0.4 is 37.2 Å². The number of imide groups is 1. The quantitative estimate of drug-likeness (QED) is 0.0129. The smallest absolute Gasteiger partial charge is 0.410 e. The minimum absolute atomic E-state index is 0.0216. The maximum atomic E-state index is 13.9. The summed E-state index contributed by atoms with van der Waals surface area (Å²) in [5.41, 5.74) is 9.72. The van der Waals surface area contributed by atoms with Crippen LogP contribution in [0.5, 0.6) is 0 Å². The van der Waals surface area contributed by atoms with Gasteiger partial charge in [-0.3, -0.25) is 48.2 Å².